The lowest BCUT2D eigenvalue weighted by Crippen LogP contribution is -2.25. The van der Waals surface area contributed by atoms with E-state index in [9.17, 15) is 14.7 Å². The second-order valence-corrected chi connectivity index (χ2v) is 11.0. The minimum Gasteiger partial charge on any atom is -0.497 e. The predicted molar refractivity (Wildman–Crippen MR) is 168 cm³/mol. The van der Waals surface area contributed by atoms with Crippen molar-refractivity contribution in [2.24, 2.45) is 16.1 Å². The molecule has 1 unspecified atom stereocenters. The summed E-state index contributed by atoms with van der Waals surface area (Å²) in [6.07, 6.45) is 4.75. The van der Waals surface area contributed by atoms with Gasteiger partial charge in [-0.05, 0) is 42.7 Å². The van der Waals surface area contributed by atoms with Crippen molar-refractivity contribution in [3.63, 3.8) is 0 Å². The van der Waals surface area contributed by atoms with Crippen molar-refractivity contribution in [1.29, 1.82) is 0 Å². The van der Waals surface area contributed by atoms with Crippen LogP contribution in [0.5, 0.6) is 11.5 Å². The van der Waals surface area contributed by atoms with Crippen LogP contribution in [0.2, 0.25) is 0 Å². The molecule has 6 rings (SSSR count). The largest absolute Gasteiger partial charge is 0.497 e. The fraction of sp³-hybridized carbons (Fsp3) is 0.303. The topological polar surface area (TPSA) is 128 Å². The smallest absolute Gasteiger partial charge is 0.341 e. The van der Waals surface area contributed by atoms with Gasteiger partial charge in [-0.3, -0.25) is 9.79 Å². The van der Waals surface area contributed by atoms with E-state index in [0.29, 0.717) is 30.3 Å². The van der Waals surface area contributed by atoms with Gasteiger partial charge in [-0.2, -0.15) is 0 Å². The Hall–Kier alpha value is -5.26. The Balaban J connectivity index is 1.31. The first kappa shape index (κ1) is 29.8. The zero-order valence-electron chi connectivity index (χ0n) is 24.9. The minimum atomic E-state index is -1.35. The van der Waals surface area contributed by atoms with Crippen LogP contribution < -0.4 is 19.8 Å². The molecule has 4 aromatic rings. The zero-order chi connectivity index (χ0) is 31.5. The first-order valence-electron chi connectivity index (χ1n) is 14.5. The van der Waals surface area contributed by atoms with E-state index >= 15 is 4.39 Å². The highest BCUT2D eigenvalue weighted by atomic mass is 19.1. The van der Waals surface area contributed by atoms with Crippen LogP contribution >= 0.6 is 0 Å². The van der Waals surface area contributed by atoms with Gasteiger partial charge in [0.25, 0.3) is 0 Å². The molecule has 0 amide bonds. The summed E-state index contributed by atoms with van der Waals surface area (Å²) in [4.78, 5) is 41.4. The number of fused-ring (bicyclic) bond motifs is 1. The maximum Gasteiger partial charge on any atom is 0.341 e. The van der Waals surface area contributed by atoms with Crippen molar-refractivity contribution in [3.05, 3.63) is 93.5 Å². The van der Waals surface area contributed by atoms with Crippen LogP contribution in [-0.4, -0.2) is 66.4 Å². The van der Waals surface area contributed by atoms with Crippen LogP contribution in [-0.2, 0) is 11.4 Å². The Morgan fingerprint density at radius 3 is 2.64 bits per heavy atom. The number of halogens is 1. The average molecular weight is 614 g/mol. The summed E-state index contributed by atoms with van der Waals surface area (Å²) in [7, 11) is 3.15. The lowest BCUT2D eigenvalue weighted by Gasteiger charge is -2.19. The molecule has 232 valence electrons. The fourth-order valence-corrected chi connectivity index (χ4v) is 5.44. The second kappa shape index (κ2) is 12.8. The van der Waals surface area contributed by atoms with Crippen LogP contribution in [0.15, 0.2) is 75.7 Å². The number of hydrogen-bond donors (Lipinski definition) is 1. The Morgan fingerprint density at radius 2 is 1.93 bits per heavy atom. The van der Waals surface area contributed by atoms with Crippen LogP contribution in [0.1, 0.15) is 40.4 Å². The molecular weight excluding hydrogens is 581 g/mol. The third-order valence-electron chi connectivity index (χ3n) is 7.93. The molecule has 2 aromatic carbocycles. The molecule has 2 aliphatic rings. The number of aromatic carboxylic acids is 1. The van der Waals surface area contributed by atoms with E-state index in [2.05, 4.69) is 15.1 Å². The van der Waals surface area contributed by atoms with E-state index in [-0.39, 0.29) is 42.0 Å². The SMILES string of the molecule is COc1ccc(OC)c(CO/N=C2\CN(c3nc4c(cc3F)c(=O)c(C(=O)O)cn4C3CC3)CC2CN=Cc2ccccc2)c1. The quantitative estimate of drug-likeness (QED) is 0.190. The molecule has 0 bridgehead atoms. The normalized spacial score (nSPS) is 17.4. The number of nitrogens with zero attached hydrogens (tertiary/aromatic N) is 5. The van der Waals surface area contributed by atoms with Crippen molar-refractivity contribution in [2.45, 2.75) is 25.5 Å². The highest BCUT2D eigenvalue weighted by Crippen LogP contribution is 2.37. The number of aliphatic imine (C=N–C) groups is 1. The van der Waals surface area contributed by atoms with E-state index in [1.807, 2.05) is 36.4 Å². The average Bonchev–Trinajstić information content (AvgIpc) is 3.82. The minimum absolute atomic E-state index is 0.00906. The molecule has 1 aliphatic carbocycles. The molecule has 0 radical (unpaired) electrons. The van der Waals surface area contributed by atoms with Crippen molar-refractivity contribution in [2.75, 3.05) is 38.8 Å². The van der Waals surface area contributed by atoms with Gasteiger partial charge in [0.15, 0.2) is 11.6 Å². The molecule has 1 atom stereocenters. The van der Waals surface area contributed by atoms with Gasteiger partial charge in [0.2, 0.25) is 5.43 Å². The Bertz CT molecular complexity index is 1850. The molecule has 0 spiro atoms. The van der Waals surface area contributed by atoms with Gasteiger partial charge in [-0.25, -0.2) is 14.2 Å². The van der Waals surface area contributed by atoms with Gasteiger partial charge in [0, 0.05) is 43.0 Å². The van der Waals surface area contributed by atoms with Gasteiger partial charge >= 0.3 is 5.97 Å². The van der Waals surface area contributed by atoms with Crippen molar-refractivity contribution in [3.8, 4) is 11.5 Å². The summed E-state index contributed by atoms with van der Waals surface area (Å²) in [6.45, 7) is 1.07. The van der Waals surface area contributed by atoms with Crippen molar-refractivity contribution < 1.29 is 28.6 Å². The molecule has 1 saturated heterocycles. The van der Waals surface area contributed by atoms with Crippen molar-refractivity contribution in [1.82, 2.24) is 9.55 Å². The molecule has 1 N–H and O–H groups in total. The number of rotatable bonds is 11. The van der Waals surface area contributed by atoms with Gasteiger partial charge < -0.3 is 28.9 Å². The molecule has 3 heterocycles. The Morgan fingerprint density at radius 1 is 1.13 bits per heavy atom. The maximum absolute atomic E-state index is 15.7. The zero-order valence-corrected chi connectivity index (χ0v) is 24.9. The number of methoxy groups -OCH3 is 2. The van der Waals surface area contributed by atoms with E-state index in [1.165, 1.54) is 6.20 Å². The number of ether oxygens (including phenoxy) is 2. The van der Waals surface area contributed by atoms with Crippen LogP contribution in [0.25, 0.3) is 11.0 Å². The number of pyridine rings is 2. The monoisotopic (exact) mass is 613 g/mol. The van der Waals surface area contributed by atoms with Gasteiger partial charge in [0.05, 0.1) is 31.9 Å². The number of benzene rings is 2. The third-order valence-corrected chi connectivity index (χ3v) is 7.93. The molecule has 12 heteroatoms. The molecule has 11 nitrogen and oxygen atoms in total. The molecule has 2 aromatic heterocycles. The highest BCUT2D eigenvalue weighted by molar-refractivity contribution is 5.95. The molecule has 1 aliphatic heterocycles. The number of hydrogen-bond acceptors (Lipinski definition) is 9. The highest BCUT2D eigenvalue weighted by Gasteiger charge is 2.34. The number of carbonyl (C=O) groups is 1. The molecule has 45 heavy (non-hydrogen) atoms. The van der Waals surface area contributed by atoms with Crippen LogP contribution in [0.3, 0.4) is 0 Å². The summed E-state index contributed by atoms with van der Waals surface area (Å²) >= 11 is 0. The van der Waals surface area contributed by atoms with E-state index in [1.54, 1.807) is 42.0 Å². The molecular formula is C33H32FN5O6. The first-order chi connectivity index (χ1) is 21.9. The predicted octanol–water partition coefficient (Wildman–Crippen LogP) is 4.71. The lowest BCUT2D eigenvalue weighted by molar-refractivity contribution is 0.0694. The van der Waals surface area contributed by atoms with Gasteiger partial charge in [-0.1, -0.05) is 35.5 Å². The number of carboxylic acid groups (broad SMARTS) is 1. The van der Waals surface area contributed by atoms with E-state index < -0.39 is 22.8 Å². The number of carboxylic acids is 1. The van der Waals surface area contributed by atoms with Crippen LogP contribution in [0.4, 0.5) is 10.2 Å². The Kier molecular flexibility index (Phi) is 8.45. The number of aromatic nitrogens is 2. The molecule has 1 saturated carbocycles. The van der Waals surface area contributed by atoms with Gasteiger partial charge in [0.1, 0.15) is 29.3 Å². The van der Waals surface area contributed by atoms with Crippen LogP contribution in [0, 0.1) is 11.7 Å². The summed E-state index contributed by atoms with van der Waals surface area (Å²) in [5.41, 5.74) is 1.45. The van der Waals surface area contributed by atoms with E-state index in [0.717, 1.165) is 30.0 Å². The summed E-state index contributed by atoms with van der Waals surface area (Å²) in [6, 6.07) is 16.2. The summed E-state index contributed by atoms with van der Waals surface area (Å²) < 4.78 is 28.1. The number of anilines is 1. The second-order valence-electron chi connectivity index (χ2n) is 11.0. The van der Waals surface area contributed by atoms with E-state index in [4.69, 9.17) is 14.3 Å². The first-order valence-corrected chi connectivity index (χ1v) is 14.5. The fourth-order valence-electron chi connectivity index (χ4n) is 5.44. The number of oxime groups is 1. The Labute approximate surface area is 258 Å². The molecule has 2 fully saturated rings. The lowest BCUT2D eigenvalue weighted by atomic mass is 10.1. The van der Waals surface area contributed by atoms with Gasteiger partial charge in [-0.15, -0.1) is 0 Å². The maximum atomic E-state index is 15.7. The van der Waals surface area contributed by atoms with Crippen molar-refractivity contribution >= 4 is 34.7 Å². The summed E-state index contributed by atoms with van der Waals surface area (Å²) in [5.74, 6) is -0.959. The summed E-state index contributed by atoms with van der Waals surface area (Å²) in [5, 5.41) is 14.0. The standard InChI is InChI=1S/C33H32FN5O6/c1-43-24-10-11-29(44-2)21(12-24)19-45-37-28-18-38(16-22(28)15-35-14-20-6-4-3-5-7-20)32-27(34)13-25-30(40)26(33(41)42)17-39(23-8-9-23)31(25)36-32/h3-7,10-14,17,22-23H,8-9,15-16,18-19H2,1-2H3,(H,41,42)/b35-14?,37-28+. The third kappa shape index (κ3) is 6.35.